The predicted octanol–water partition coefficient (Wildman–Crippen LogP) is 1.70. The van der Waals surface area contributed by atoms with Crippen LogP contribution < -0.4 is 10.6 Å². The molecule has 1 saturated heterocycles. The molecule has 1 aliphatic heterocycles. The second-order valence-electron chi connectivity index (χ2n) is 8.61. The van der Waals surface area contributed by atoms with Gasteiger partial charge in [-0.1, -0.05) is 6.07 Å². The fraction of sp³-hybridized carbons (Fsp3) is 0.500. The number of rotatable bonds is 6. The monoisotopic (exact) mass is 500 g/mol. The van der Waals surface area contributed by atoms with Gasteiger partial charge in [-0.2, -0.15) is 13.2 Å². The van der Waals surface area contributed by atoms with Crippen molar-refractivity contribution in [2.75, 3.05) is 19.6 Å². The zero-order chi connectivity index (χ0) is 23.6. The maximum Gasteiger partial charge on any atom is 0.416 e. The molecule has 2 amide bonds. The van der Waals surface area contributed by atoms with E-state index in [2.05, 4.69) is 20.5 Å². The van der Waals surface area contributed by atoms with E-state index in [1.807, 2.05) is 0 Å². The maximum absolute atomic E-state index is 12.8. The van der Waals surface area contributed by atoms with Gasteiger partial charge >= 0.3 is 6.18 Å². The molecular weight excluding hydrogens is 473 g/mol. The first kappa shape index (κ1) is 26.1. The molecule has 2 aromatic rings. The molecule has 34 heavy (non-hydrogen) atoms. The first-order chi connectivity index (χ1) is 15.6. The Morgan fingerprint density at radius 3 is 2.56 bits per heavy atom. The molecule has 1 aromatic carbocycles. The molecule has 12 heteroatoms. The summed E-state index contributed by atoms with van der Waals surface area (Å²) in [5.41, 5.74) is -0.136. The minimum Gasteiger partial charge on any atom is -0.412 e. The number of carbonyl (C=O) groups is 2. The van der Waals surface area contributed by atoms with Crippen molar-refractivity contribution in [3.05, 3.63) is 52.0 Å². The van der Waals surface area contributed by atoms with E-state index in [1.165, 1.54) is 17.4 Å². The van der Waals surface area contributed by atoms with E-state index in [9.17, 15) is 27.9 Å². The third-order valence-electron chi connectivity index (χ3n) is 6.33. The molecule has 186 valence electrons. The van der Waals surface area contributed by atoms with Crippen LogP contribution in [0.4, 0.5) is 13.2 Å². The zero-order valence-electron chi connectivity index (χ0n) is 18.3. The Morgan fingerprint density at radius 2 is 1.94 bits per heavy atom. The van der Waals surface area contributed by atoms with E-state index in [-0.39, 0.29) is 29.5 Å². The Balaban J connectivity index is 0.00000324. The lowest BCUT2D eigenvalue weighted by Crippen LogP contribution is -2.63. The first-order valence-corrected chi connectivity index (χ1v) is 11.6. The Labute approximate surface area is 198 Å². The quantitative estimate of drug-likeness (QED) is 0.557. The van der Waals surface area contributed by atoms with Crippen molar-refractivity contribution in [2.24, 2.45) is 0 Å². The lowest BCUT2D eigenvalue weighted by molar-refractivity contribution is -0.137. The lowest BCUT2D eigenvalue weighted by Gasteiger charge is -2.48. The van der Waals surface area contributed by atoms with Gasteiger partial charge in [-0.3, -0.25) is 19.5 Å². The molecule has 2 aliphatic rings. The molecule has 0 unspecified atom stereocenters. The first-order valence-electron chi connectivity index (χ1n) is 10.7. The van der Waals surface area contributed by atoms with E-state index < -0.39 is 23.2 Å². The highest BCUT2D eigenvalue weighted by molar-refractivity contribution is 7.09. The molecule has 0 atom stereocenters. The Kier molecular flexibility index (Phi) is 7.96. The number of hydrogen-bond donors (Lipinski definition) is 3. The predicted molar refractivity (Wildman–Crippen MR) is 119 cm³/mol. The number of alkyl halides is 3. The van der Waals surface area contributed by atoms with Crippen LogP contribution in [0.2, 0.25) is 0 Å². The highest BCUT2D eigenvalue weighted by atomic mass is 32.1. The third kappa shape index (κ3) is 5.93. The second-order valence-corrected chi connectivity index (χ2v) is 9.49. The number of halogens is 3. The maximum atomic E-state index is 12.8. The SMILES string of the molecule is O.O=C(CNC(=O)c1cccc(C(F)(F)F)c1)NC1CN([C@H]2CC[C@@](O)(c3cncs3)CC2)C1. The fourth-order valence-corrected chi connectivity index (χ4v) is 5.20. The minimum atomic E-state index is -4.54. The van der Waals surface area contributed by atoms with Gasteiger partial charge in [0.25, 0.3) is 5.91 Å². The molecule has 5 N–H and O–H groups in total. The molecule has 1 aromatic heterocycles. The Bertz CT molecular complexity index is 988. The standard InChI is InChI=1S/C22H25F3N4O3S.H2O/c23-22(24,25)15-3-1-2-14(8-15)20(31)27-10-19(30)28-16-11-29(12-16)17-4-6-21(32,7-5-17)18-9-26-13-33-18;/h1-3,8-9,13,16-17,32H,4-7,10-12H2,(H,27,31)(H,28,30);1H2/t17-,21-;. The van der Waals surface area contributed by atoms with Gasteiger partial charge < -0.3 is 21.2 Å². The Morgan fingerprint density at radius 1 is 1.24 bits per heavy atom. The molecule has 4 rings (SSSR count). The van der Waals surface area contributed by atoms with Crippen molar-refractivity contribution in [3.63, 3.8) is 0 Å². The van der Waals surface area contributed by atoms with Gasteiger partial charge in [-0.05, 0) is 43.9 Å². The van der Waals surface area contributed by atoms with E-state index in [0.29, 0.717) is 32.0 Å². The van der Waals surface area contributed by atoms with Gasteiger partial charge in [-0.15, -0.1) is 11.3 Å². The van der Waals surface area contributed by atoms with Crippen molar-refractivity contribution in [2.45, 2.75) is 49.5 Å². The van der Waals surface area contributed by atoms with E-state index >= 15 is 0 Å². The average Bonchev–Trinajstić information content (AvgIpc) is 3.31. The number of amides is 2. The summed E-state index contributed by atoms with van der Waals surface area (Å²) in [4.78, 5) is 31.5. The van der Waals surface area contributed by atoms with Crippen LogP contribution in [0.5, 0.6) is 0 Å². The molecule has 2 heterocycles. The van der Waals surface area contributed by atoms with Crippen molar-refractivity contribution >= 4 is 23.2 Å². The summed E-state index contributed by atoms with van der Waals surface area (Å²) in [6.45, 7) is 1.07. The van der Waals surface area contributed by atoms with Gasteiger partial charge in [0.2, 0.25) is 5.91 Å². The Hall–Kier alpha value is -2.54. The van der Waals surface area contributed by atoms with Crippen LogP contribution in [0.25, 0.3) is 0 Å². The highest BCUT2D eigenvalue weighted by Crippen LogP contribution is 2.40. The molecule has 2 fully saturated rings. The number of thiazole rings is 1. The summed E-state index contributed by atoms with van der Waals surface area (Å²) in [5.74, 6) is -1.12. The number of nitrogens with one attached hydrogen (secondary N) is 2. The normalized spacial score (nSPS) is 23.5. The molecule has 1 aliphatic carbocycles. The molecule has 8 nitrogen and oxygen atoms in total. The van der Waals surface area contributed by atoms with Gasteiger partial charge in [-0.25, -0.2) is 0 Å². The summed E-state index contributed by atoms with van der Waals surface area (Å²) in [5, 5.41) is 16.0. The van der Waals surface area contributed by atoms with Gasteiger partial charge in [0.05, 0.1) is 28.5 Å². The van der Waals surface area contributed by atoms with E-state index in [4.69, 9.17) is 0 Å². The summed E-state index contributed by atoms with van der Waals surface area (Å²) in [6, 6.07) is 4.39. The average molecular weight is 501 g/mol. The van der Waals surface area contributed by atoms with Gasteiger partial charge in [0.1, 0.15) is 5.60 Å². The topological polar surface area (TPSA) is 126 Å². The van der Waals surface area contributed by atoms with Crippen molar-refractivity contribution < 1.29 is 33.3 Å². The number of benzene rings is 1. The summed E-state index contributed by atoms with van der Waals surface area (Å²) >= 11 is 1.47. The fourth-order valence-electron chi connectivity index (χ4n) is 4.42. The summed E-state index contributed by atoms with van der Waals surface area (Å²) in [6.07, 6.45) is 0.266. The van der Waals surface area contributed by atoms with Crippen LogP contribution in [-0.2, 0) is 16.6 Å². The molecule has 1 saturated carbocycles. The largest absolute Gasteiger partial charge is 0.416 e. The smallest absolute Gasteiger partial charge is 0.412 e. The van der Waals surface area contributed by atoms with Crippen LogP contribution in [0.15, 0.2) is 36.0 Å². The lowest BCUT2D eigenvalue weighted by atomic mass is 9.80. The number of hydrogen-bond acceptors (Lipinski definition) is 6. The number of aliphatic hydroxyl groups is 1. The molecule has 0 bridgehead atoms. The number of carbonyl (C=O) groups excluding carboxylic acids is 2. The van der Waals surface area contributed by atoms with Crippen molar-refractivity contribution in [1.82, 2.24) is 20.5 Å². The van der Waals surface area contributed by atoms with Crippen LogP contribution >= 0.6 is 11.3 Å². The van der Waals surface area contributed by atoms with Crippen LogP contribution in [0, 0.1) is 0 Å². The van der Waals surface area contributed by atoms with Gasteiger partial charge in [0, 0.05) is 30.9 Å². The summed E-state index contributed by atoms with van der Waals surface area (Å²) in [7, 11) is 0. The van der Waals surface area contributed by atoms with Crippen LogP contribution in [-0.4, -0.2) is 64.0 Å². The van der Waals surface area contributed by atoms with E-state index in [1.54, 1.807) is 11.7 Å². The number of nitrogens with zero attached hydrogens (tertiary/aromatic N) is 2. The molecule has 0 spiro atoms. The highest BCUT2D eigenvalue weighted by Gasteiger charge is 2.41. The van der Waals surface area contributed by atoms with Crippen LogP contribution in [0.3, 0.4) is 0 Å². The van der Waals surface area contributed by atoms with Crippen molar-refractivity contribution in [1.29, 1.82) is 0 Å². The van der Waals surface area contributed by atoms with Crippen molar-refractivity contribution in [3.8, 4) is 0 Å². The molecule has 0 radical (unpaired) electrons. The van der Waals surface area contributed by atoms with Gasteiger partial charge in [0.15, 0.2) is 0 Å². The summed E-state index contributed by atoms with van der Waals surface area (Å²) < 4.78 is 38.4. The van der Waals surface area contributed by atoms with E-state index in [0.717, 1.165) is 35.9 Å². The second kappa shape index (κ2) is 10.4. The molecular formula is C22H27F3N4O4S. The minimum absolute atomic E-state index is 0. The number of likely N-dealkylation sites (tertiary alicyclic amines) is 1. The van der Waals surface area contributed by atoms with Crippen LogP contribution in [0.1, 0.15) is 46.5 Å². The number of aromatic nitrogens is 1. The third-order valence-corrected chi connectivity index (χ3v) is 7.29. The zero-order valence-corrected chi connectivity index (χ0v) is 19.1.